The van der Waals surface area contributed by atoms with Crippen molar-refractivity contribution in [1.29, 1.82) is 0 Å². The minimum Gasteiger partial charge on any atom is -0.460 e. The van der Waals surface area contributed by atoms with Crippen molar-refractivity contribution in [2.45, 2.75) is 338 Å². The summed E-state index contributed by atoms with van der Waals surface area (Å²) in [5.41, 5.74) is 0. The SMILES string of the molecule is CC/C=C/C[C@@H]1O[C@@H]([C@@H](CC)OC(C)=O)C2OC3(CCCCC3)O[C@H]2[C@H]1C.CC[C@@H](OC(C)=O)[C@@H]1O[C@@H](C)[C@H](C)[C@@H]2OC3(CCCCC3)OC21.CC[C@H]1CC[C@@H]2O[C@@H]([C@H](O)CC)C3OC4(CCCCC4)O[C@H]3[C@H]2O1.O=C=O.O=C=O. The van der Waals surface area contributed by atoms with Crippen LogP contribution in [0.5, 0.6) is 0 Å². The molecule has 0 radical (unpaired) electrons. The Morgan fingerprint density at radius 1 is 0.525 bits per heavy atom. The summed E-state index contributed by atoms with van der Waals surface area (Å²) in [6.07, 6.45) is 26.0. The van der Waals surface area contributed by atoms with Gasteiger partial charge >= 0.3 is 24.2 Å². The molecule has 7 heterocycles. The van der Waals surface area contributed by atoms with E-state index in [2.05, 4.69) is 46.8 Å². The molecule has 80 heavy (non-hydrogen) atoms. The van der Waals surface area contributed by atoms with Crippen LogP contribution in [-0.4, -0.2) is 150 Å². The molecule has 0 bridgehead atoms. The van der Waals surface area contributed by atoms with Gasteiger partial charge in [-0.15, -0.1) is 0 Å². The van der Waals surface area contributed by atoms with Gasteiger partial charge in [0.1, 0.15) is 61.0 Å². The number of allylic oxidation sites excluding steroid dienone is 1. The van der Waals surface area contributed by atoms with Crippen LogP contribution in [0.15, 0.2) is 12.2 Å². The van der Waals surface area contributed by atoms with Gasteiger partial charge in [0.05, 0.1) is 42.7 Å². The van der Waals surface area contributed by atoms with Crippen molar-refractivity contribution < 1.29 is 90.7 Å². The second-order valence-corrected chi connectivity index (χ2v) is 23.8. The van der Waals surface area contributed by atoms with Gasteiger partial charge in [0.15, 0.2) is 17.4 Å². The van der Waals surface area contributed by atoms with Crippen LogP contribution in [-0.2, 0) is 85.6 Å². The molecular weight excluding hydrogens is 1040 g/mol. The summed E-state index contributed by atoms with van der Waals surface area (Å²) >= 11 is 0. The van der Waals surface area contributed by atoms with E-state index in [9.17, 15) is 14.7 Å². The van der Waals surface area contributed by atoms with Crippen molar-refractivity contribution in [3.63, 3.8) is 0 Å². The summed E-state index contributed by atoms with van der Waals surface area (Å²) in [5.74, 6) is -1.41. The van der Waals surface area contributed by atoms with Gasteiger partial charge < -0.3 is 61.9 Å². The van der Waals surface area contributed by atoms with Crippen molar-refractivity contribution in [2.24, 2.45) is 11.8 Å². The number of ether oxygens (including phenoxy) is 12. The summed E-state index contributed by atoms with van der Waals surface area (Å²) < 4.78 is 75.6. The first-order valence-electron chi connectivity index (χ1n) is 30.8. The van der Waals surface area contributed by atoms with Gasteiger partial charge in [-0.1, -0.05) is 79.9 Å². The minimum absolute atomic E-state index is 0.00788. The topological polar surface area (TPSA) is 233 Å². The number of hydrogen-bond donors (Lipinski definition) is 1. The van der Waals surface area contributed by atoms with Crippen molar-refractivity contribution in [1.82, 2.24) is 0 Å². The van der Waals surface area contributed by atoms with Crippen LogP contribution in [0.4, 0.5) is 0 Å². The van der Waals surface area contributed by atoms with E-state index < -0.39 is 23.5 Å². The lowest BCUT2D eigenvalue weighted by Crippen LogP contribution is -2.62. The van der Waals surface area contributed by atoms with Crippen LogP contribution in [0, 0.1) is 11.8 Å². The number of aliphatic hydroxyl groups excluding tert-OH is 1. The lowest BCUT2D eigenvalue weighted by molar-refractivity contribution is -0.253. The third-order valence-corrected chi connectivity index (χ3v) is 18.3. The second-order valence-electron chi connectivity index (χ2n) is 23.8. The Morgan fingerprint density at radius 3 is 1.38 bits per heavy atom. The van der Waals surface area contributed by atoms with Gasteiger partial charge in [-0.25, -0.2) is 0 Å². The lowest BCUT2D eigenvalue weighted by atomic mass is 9.84. The summed E-state index contributed by atoms with van der Waals surface area (Å²) in [6.45, 7) is 19.7. The number of esters is 2. The standard InChI is InChI=1S/C22H36O5.C19H32O5.C18H30O5.2CO2/c1-5-7-9-12-18-15(3)19-21(20(25-18)17(6-2)24-16(4)23)27-22(26-19)13-10-8-11-14-22;1-3-12-8-9-14-16(21-12)18-17(15(22-14)13(20)4-2)23-19(24-18)10-6-5-7-11-19;1-5-14(21-13(4)19)16-17-15(11(2)12(3)20-16)22-18(23-17)9-7-6-8-10-18;2*2-1-3/h7,9,15,17-21H,5-6,8,10-14H2,1-4H3;12-18,20H,3-11H2,1-2H3;11-12,14-17H,5-10H2,1-4H3;;/b9-7+;;;;/t15-,17+,18-,19-,20-,21?;12-,13+,14-,15-,16-,17?,18-;11-,12-,14+,15-,16-,17?;;/m000../s1. The average molecular weight is 1140 g/mol. The Morgan fingerprint density at radius 2 is 0.950 bits per heavy atom. The molecule has 3 spiro atoms. The van der Waals surface area contributed by atoms with Crippen molar-refractivity contribution >= 4 is 24.2 Å². The number of rotatable bonds is 12. The highest BCUT2D eigenvalue weighted by Gasteiger charge is 2.62. The fourth-order valence-corrected chi connectivity index (χ4v) is 14.0. The normalized spacial score (nSPS) is 37.9. The molecule has 10 aliphatic rings. The molecule has 10 fully saturated rings. The molecule has 0 amide bonds. The lowest BCUT2D eigenvalue weighted by Gasteiger charge is -2.47. The van der Waals surface area contributed by atoms with Gasteiger partial charge in [0.25, 0.3) is 0 Å². The van der Waals surface area contributed by atoms with E-state index in [-0.39, 0.29) is 134 Å². The molecular formula is C61H98O19. The second kappa shape index (κ2) is 31.2. The number of fused-ring (bicyclic) bond motifs is 5. The number of carbonyl (C=O) groups is 2. The molecule has 19 nitrogen and oxygen atoms in total. The number of carbonyl (C=O) groups excluding carboxylic acids is 6. The van der Waals surface area contributed by atoms with Gasteiger partial charge in [0, 0.05) is 64.2 Å². The molecule has 456 valence electrons. The third-order valence-electron chi connectivity index (χ3n) is 18.3. The maximum atomic E-state index is 11.6. The van der Waals surface area contributed by atoms with Crippen LogP contribution >= 0.6 is 0 Å². The summed E-state index contributed by atoms with van der Waals surface area (Å²) in [7, 11) is 0. The van der Waals surface area contributed by atoms with E-state index in [0.717, 1.165) is 109 Å². The summed E-state index contributed by atoms with van der Waals surface area (Å²) in [5, 5.41) is 10.5. The first-order chi connectivity index (χ1) is 38.4. The van der Waals surface area contributed by atoms with E-state index in [4.69, 9.17) is 76.0 Å². The monoisotopic (exact) mass is 1130 g/mol. The molecule has 7 saturated heterocycles. The Bertz CT molecular complexity index is 1970. The fourth-order valence-electron chi connectivity index (χ4n) is 14.0. The van der Waals surface area contributed by atoms with Crippen LogP contribution in [0.25, 0.3) is 0 Å². The highest BCUT2D eigenvalue weighted by atomic mass is 16.8. The molecule has 7 aliphatic heterocycles. The smallest absolute Gasteiger partial charge is 0.373 e. The van der Waals surface area contributed by atoms with Gasteiger partial charge in [-0.05, 0) is 96.8 Å². The summed E-state index contributed by atoms with van der Waals surface area (Å²) in [4.78, 5) is 55.6. The van der Waals surface area contributed by atoms with E-state index >= 15 is 0 Å². The highest BCUT2D eigenvalue weighted by Crippen LogP contribution is 2.51. The highest BCUT2D eigenvalue weighted by molar-refractivity contribution is 5.66. The molecule has 19 heteroatoms. The maximum Gasteiger partial charge on any atom is 0.373 e. The van der Waals surface area contributed by atoms with E-state index in [1.807, 2.05) is 20.8 Å². The molecule has 3 saturated carbocycles. The number of aliphatic hydroxyl groups is 1. The Labute approximate surface area is 475 Å². The zero-order valence-corrected chi connectivity index (χ0v) is 49.7. The van der Waals surface area contributed by atoms with Crippen LogP contribution < -0.4 is 0 Å². The zero-order chi connectivity index (χ0) is 58.2. The Hall–Kier alpha value is -3.00. The van der Waals surface area contributed by atoms with Crippen LogP contribution in [0.1, 0.15) is 217 Å². The quantitative estimate of drug-likeness (QED) is 0.141. The van der Waals surface area contributed by atoms with Crippen LogP contribution in [0.2, 0.25) is 0 Å². The first-order valence-corrected chi connectivity index (χ1v) is 30.8. The molecule has 0 aromatic carbocycles. The van der Waals surface area contributed by atoms with E-state index in [1.54, 1.807) is 0 Å². The zero-order valence-electron chi connectivity index (χ0n) is 49.7. The fraction of sp³-hybridized carbons (Fsp3) is 0.902. The van der Waals surface area contributed by atoms with Crippen molar-refractivity contribution in [3.8, 4) is 0 Å². The minimum atomic E-state index is -0.510. The molecule has 10 rings (SSSR count). The Balaban J connectivity index is 0.000000185. The van der Waals surface area contributed by atoms with Crippen molar-refractivity contribution in [2.75, 3.05) is 0 Å². The molecule has 3 unspecified atom stereocenters. The molecule has 3 aliphatic carbocycles. The molecule has 0 aromatic heterocycles. The van der Waals surface area contributed by atoms with Gasteiger partial charge in [-0.2, -0.15) is 19.2 Å². The predicted octanol–water partition coefficient (Wildman–Crippen LogP) is 9.49. The maximum absolute atomic E-state index is 11.6. The average Bonchev–Trinajstić information content (AvgIpc) is 4.29. The van der Waals surface area contributed by atoms with Gasteiger partial charge in [-0.3, -0.25) is 9.59 Å². The summed E-state index contributed by atoms with van der Waals surface area (Å²) in [6, 6.07) is 0. The van der Waals surface area contributed by atoms with Crippen LogP contribution in [0.3, 0.4) is 0 Å². The molecule has 1 N–H and O–H groups in total. The largest absolute Gasteiger partial charge is 0.460 e. The van der Waals surface area contributed by atoms with E-state index in [0.29, 0.717) is 19.3 Å². The first kappa shape index (κ1) is 66.1. The predicted molar refractivity (Wildman–Crippen MR) is 287 cm³/mol. The van der Waals surface area contributed by atoms with Gasteiger partial charge in [0.2, 0.25) is 0 Å². The molecule has 0 aromatic rings. The van der Waals surface area contributed by atoms with E-state index in [1.165, 1.54) is 33.1 Å². The molecule has 19 atom stereocenters. The van der Waals surface area contributed by atoms with Crippen molar-refractivity contribution in [3.05, 3.63) is 12.2 Å². The number of hydrogen-bond acceptors (Lipinski definition) is 19. The Kier molecular flexibility index (Phi) is 25.8. The third kappa shape index (κ3) is 16.2.